The van der Waals surface area contributed by atoms with E-state index >= 15 is 0 Å². The van der Waals surface area contributed by atoms with E-state index in [-0.39, 0.29) is 30.8 Å². The second-order valence-corrected chi connectivity index (χ2v) is 8.29. The number of phenols is 1. The van der Waals surface area contributed by atoms with E-state index in [4.69, 9.17) is 21.7 Å². The number of nitrogens with one attached hydrogen (secondary N) is 1. The van der Waals surface area contributed by atoms with Crippen LogP contribution in [0.5, 0.6) is 17.2 Å². The lowest BCUT2D eigenvalue weighted by atomic mass is 10.2. The predicted molar refractivity (Wildman–Crippen MR) is 118 cm³/mol. The minimum Gasteiger partial charge on any atom is -0.506 e. The van der Waals surface area contributed by atoms with Crippen LogP contribution in [0.4, 0.5) is 5.69 Å². The van der Waals surface area contributed by atoms with Crippen molar-refractivity contribution in [3.05, 3.63) is 52.9 Å². The van der Waals surface area contributed by atoms with Gasteiger partial charge in [-0.1, -0.05) is 42.2 Å². The van der Waals surface area contributed by atoms with E-state index in [2.05, 4.69) is 5.32 Å². The molecule has 2 aliphatic heterocycles. The van der Waals surface area contributed by atoms with E-state index in [1.54, 1.807) is 30.3 Å². The van der Waals surface area contributed by atoms with Crippen LogP contribution in [-0.2, 0) is 9.59 Å². The molecule has 1 fully saturated rings. The molecule has 2 amide bonds. The van der Waals surface area contributed by atoms with Crippen molar-refractivity contribution in [2.24, 2.45) is 0 Å². The number of fused-ring (bicyclic) bond motifs is 1. The smallest absolute Gasteiger partial charge is 0.266 e. The summed E-state index contributed by atoms with van der Waals surface area (Å²) in [6, 6.07) is 12.0. The molecule has 0 aliphatic carbocycles. The zero-order chi connectivity index (χ0) is 21.1. The highest BCUT2D eigenvalue weighted by molar-refractivity contribution is 8.26. The molecular formula is C21H18N2O5S2. The number of rotatable bonds is 6. The first-order chi connectivity index (χ1) is 14.5. The maximum Gasteiger partial charge on any atom is 0.266 e. The number of amides is 2. The third kappa shape index (κ3) is 4.42. The maximum absolute atomic E-state index is 12.7. The van der Waals surface area contributed by atoms with Gasteiger partial charge in [0.15, 0.2) is 11.5 Å². The molecule has 1 saturated heterocycles. The Hall–Kier alpha value is -3.04. The van der Waals surface area contributed by atoms with Gasteiger partial charge in [0, 0.05) is 13.0 Å². The Morgan fingerprint density at radius 1 is 1.23 bits per heavy atom. The minimum absolute atomic E-state index is 0.0106. The average Bonchev–Trinajstić information content (AvgIpc) is 3.29. The van der Waals surface area contributed by atoms with Gasteiger partial charge in [0.2, 0.25) is 12.7 Å². The van der Waals surface area contributed by atoms with Crippen molar-refractivity contribution in [3.63, 3.8) is 0 Å². The number of nitrogens with zero attached hydrogens (tertiary/aromatic N) is 1. The van der Waals surface area contributed by atoms with E-state index in [1.807, 2.05) is 12.1 Å². The first kappa shape index (κ1) is 20.2. The number of thioether (sulfide) groups is 1. The number of carbonyl (C=O) groups excluding carboxylic acids is 2. The van der Waals surface area contributed by atoms with E-state index in [0.29, 0.717) is 39.4 Å². The van der Waals surface area contributed by atoms with Crippen LogP contribution in [0, 0.1) is 0 Å². The molecule has 154 valence electrons. The Morgan fingerprint density at radius 2 is 2.03 bits per heavy atom. The Kier molecular flexibility index (Phi) is 5.91. The topological polar surface area (TPSA) is 88.1 Å². The van der Waals surface area contributed by atoms with Crippen molar-refractivity contribution in [1.82, 2.24) is 4.90 Å². The summed E-state index contributed by atoms with van der Waals surface area (Å²) in [5.41, 5.74) is 1.18. The van der Waals surface area contributed by atoms with Gasteiger partial charge in [-0.05, 0) is 42.3 Å². The molecule has 0 radical (unpaired) electrons. The molecule has 0 spiro atoms. The molecule has 2 aliphatic rings. The molecule has 9 heteroatoms. The number of thiocarbonyl (C=S) groups is 1. The third-order valence-corrected chi connectivity index (χ3v) is 5.91. The van der Waals surface area contributed by atoms with Crippen molar-refractivity contribution in [2.45, 2.75) is 12.8 Å². The molecule has 2 aromatic carbocycles. The number of anilines is 1. The fraction of sp³-hybridized carbons (Fsp3) is 0.190. The normalized spacial score (nSPS) is 16.4. The van der Waals surface area contributed by atoms with Crippen LogP contribution < -0.4 is 14.8 Å². The molecule has 2 N–H and O–H groups in total. The van der Waals surface area contributed by atoms with Gasteiger partial charge >= 0.3 is 0 Å². The summed E-state index contributed by atoms with van der Waals surface area (Å²) in [4.78, 5) is 26.9. The van der Waals surface area contributed by atoms with Crippen LogP contribution in [0.3, 0.4) is 0 Å². The molecule has 0 unspecified atom stereocenters. The fourth-order valence-electron chi connectivity index (χ4n) is 3.04. The third-order valence-electron chi connectivity index (χ3n) is 4.53. The Bertz CT molecular complexity index is 1050. The van der Waals surface area contributed by atoms with Crippen molar-refractivity contribution in [2.75, 3.05) is 18.7 Å². The van der Waals surface area contributed by atoms with Crippen LogP contribution in [0.15, 0.2) is 47.4 Å². The van der Waals surface area contributed by atoms with Gasteiger partial charge in [-0.25, -0.2) is 0 Å². The number of hydrogen-bond acceptors (Lipinski definition) is 7. The first-order valence-electron chi connectivity index (χ1n) is 9.24. The molecular weight excluding hydrogens is 424 g/mol. The van der Waals surface area contributed by atoms with Gasteiger partial charge in [-0.2, -0.15) is 0 Å². The van der Waals surface area contributed by atoms with Crippen LogP contribution in [0.25, 0.3) is 6.08 Å². The monoisotopic (exact) mass is 442 g/mol. The highest BCUT2D eigenvalue weighted by Crippen LogP contribution is 2.36. The van der Waals surface area contributed by atoms with Crippen LogP contribution in [-0.4, -0.2) is 39.5 Å². The lowest BCUT2D eigenvalue weighted by Gasteiger charge is -2.14. The molecule has 7 nitrogen and oxygen atoms in total. The Balaban J connectivity index is 1.33. The number of aromatic hydroxyl groups is 1. The predicted octanol–water partition coefficient (Wildman–Crippen LogP) is 3.74. The molecule has 0 atom stereocenters. The second-order valence-electron chi connectivity index (χ2n) is 6.61. The van der Waals surface area contributed by atoms with Gasteiger partial charge in [-0.3, -0.25) is 14.5 Å². The molecule has 2 aromatic rings. The van der Waals surface area contributed by atoms with Gasteiger partial charge in [0.05, 0.1) is 10.6 Å². The summed E-state index contributed by atoms with van der Waals surface area (Å²) in [6.07, 6.45) is 2.42. The molecule has 2 heterocycles. The Labute approximate surface area is 182 Å². The van der Waals surface area contributed by atoms with Crippen molar-refractivity contribution >= 4 is 51.9 Å². The number of ether oxygens (including phenoxy) is 2. The number of carbonyl (C=O) groups is 2. The van der Waals surface area contributed by atoms with E-state index < -0.39 is 0 Å². The van der Waals surface area contributed by atoms with Crippen LogP contribution in [0.2, 0.25) is 0 Å². The largest absolute Gasteiger partial charge is 0.506 e. The highest BCUT2D eigenvalue weighted by Gasteiger charge is 2.31. The van der Waals surface area contributed by atoms with Gasteiger partial charge in [0.1, 0.15) is 10.1 Å². The fourth-order valence-corrected chi connectivity index (χ4v) is 4.35. The van der Waals surface area contributed by atoms with E-state index in [0.717, 1.165) is 5.56 Å². The van der Waals surface area contributed by atoms with Crippen LogP contribution in [0.1, 0.15) is 18.4 Å². The minimum atomic E-state index is -0.238. The first-order valence-corrected chi connectivity index (χ1v) is 10.5. The number of benzene rings is 2. The number of hydrogen-bond donors (Lipinski definition) is 2. The zero-order valence-electron chi connectivity index (χ0n) is 15.8. The van der Waals surface area contributed by atoms with E-state index in [9.17, 15) is 14.7 Å². The van der Waals surface area contributed by atoms with Crippen molar-refractivity contribution < 1.29 is 24.2 Å². The molecule has 4 rings (SSSR count). The zero-order valence-corrected chi connectivity index (χ0v) is 17.4. The number of phenolic OH excluding ortho intramolecular Hbond substituents is 1. The molecule has 0 saturated carbocycles. The average molecular weight is 443 g/mol. The van der Waals surface area contributed by atoms with Crippen molar-refractivity contribution in [3.8, 4) is 17.2 Å². The summed E-state index contributed by atoms with van der Waals surface area (Å²) < 4.78 is 11.1. The summed E-state index contributed by atoms with van der Waals surface area (Å²) >= 11 is 6.58. The quantitative estimate of drug-likeness (QED) is 0.400. The summed E-state index contributed by atoms with van der Waals surface area (Å²) in [5, 5.41) is 12.4. The highest BCUT2D eigenvalue weighted by atomic mass is 32.2. The summed E-state index contributed by atoms with van der Waals surface area (Å²) in [5.74, 6) is 0.926. The standard InChI is InChI=1S/C21H18N2O5S2/c24-15-5-2-1-4-14(15)22-19(25)6-3-9-23-20(26)18(30-21(23)29)11-13-7-8-16-17(10-13)28-12-27-16/h1-2,4-5,7-8,10-11,24H,3,6,9,12H2,(H,22,25). The van der Waals surface area contributed by atoms with Gasteiger partial charge < -0.3 is 19.9 Å². The second kappa shape index (κ2) is 8.76. The SMILES string of the molecule is O=C(CCCN1C(=O)C(=Cc2ccc3c(c2)OCO3)SC1=S)Nc1ccccc1O. The van der Waals surface area contributed by atoms with Crippen molar-refractivity contribution in [1.29, 1.82) is 0 Å². The van der Waals surface area contributed by atoms with Gasteiger partial charge in [0.25, 0.3) is 5.91 Å². The lowest BCUT2D eigenvalue weighted by Crippen LogP contribution is -2.29. The van der Waals surface area contributed by atoms with E-state index in [1.165, 1.54) is 22.7 Å². The molecule has 0 bridgehead atoms. The Morgan fingerprint density at radius 3 is 2.87 bits per heavy atom. The number of para-hydroxylation sites is 2. The van der Waals surface area contributed by atoms with Crippen LogP contribution >= 0.6 is 24.0 Å². The van der Waals surface area contributed by atoms with Gasteiger partial charge in [-0.15, -0.1) is 0 Å². The molecule has 0 aromatic heterocycles. The maximum atomic E-state index is 12.7. The lowest BCUT2D eigenvalue weighted by molar-refractivity contribution is -0.122. The molecule has 30 heavy (non-hydrogen) atoms. The summed E-state index contributed by atoms with van der Waals surface area (Å²) in [6.45, 7) is 0.537. The summed E-state index contributed by atoms with van der Waals surface area (Å²) in [7, 11) is 0.